The van der Waals surface area contributed by atoms with Gasteiger partial charge in [-0.05, 0) is 32.0 Å². The summed E-state index contributed by atoms with van der Waals surface area (Å²) in [6.07, 6.45) is 1.41. The summed E-state index contributed by atoms with van der Waals surface area (Å²) < 4.78 is 19.2. The minimum absolute atomic E-state index is 0.155. The Morgan fingerprint density at radius 1 is 1.40 bits per heavy atom. The molecule has 2 aromatic rings. The summed E-state index contributed by atoms with van der Waals surface area (Å²) in [5, 5.41) is 6.34. The normalized spacial score (nSPS) is 12.4. The van der Waals surface area contributed by atoms with Crippen molar-refractivity contribution in [2.24, 2.45) is 0 Å². The zero-order valence-corrected chi connectivity index (χ0v) is 12.8. The molecular formula is C15H19FN2OS. The molecular weight excluding hydrogens is 275 g/mol. The van der Waals surface area contributed by atoms with Crippen LogP contribution in [0.15, 0.2) is 23.6 Å². The first kappa shape index (κ1) is 14.9. The molecule has 1 N–H and O–H groups in total. The van der Waals surface area contributed by atoms with E-state index in [4.69, 9.17) is 4.74 Å². The Labute approximate surface area is 122 Å². The lowest BCUT2D eigenvalue weighted by atomic mass is 10.0. The van der Waals surface area contributed by atoms with Crippen LogP contribution in [0.3, 0.4) is 0 Å². The predicted octanol–water partition coefficient (Wildman–Crippen LogP) is 2.97. The summed E-state index contributed by atoms with van der Waals surface area (Å²) >= 11 is 1.65. The van der Waals surface area contributed by atoms with Gasteiger partial charge in [0.25, 0.3) is 0 Å². The van der Waals surface area contributed by atoms with Crippen molar-refractivity contribution in [1.82, 2.24) is 10.3 Å². The largest absolute Gasteiger partial charge is 0.494 e. The molecule has 1 atom stereocenters. The van der Waals surface area contributed by atoms with Crippen LogP contribution in [-0.2, 0) is 12.8 Å². The lowest BCUT2D eigenvalue weighted by Gasteiger charge is -2.16. The number of hydrogen-bond acceptors (Lipinski definition) is 4. The average Bonchev–Trinajstić information content (AvgIpc) is 2.85. The molecule has 0 aliphatic carbocycles. The van der Waals surface area contributed by atoms with E-state index in [1.807, 2.05) is 25.4 Å². The first-order chi connectivity index (χ1) is 9.63. The number of hydrogen-bond donors (Lipinski definition) is 1. The Morgan fingerprint density at radius 2 is 2.20 bits per heavy atom. The first-order valence-corrected chi connectivity index (χ1v) is 7.41. The van der Waals surface area contributed by atoms with Gasteiger partial charge in [-0.1, -0.05) is 12.1 Å². The van der Waals surface area contributed by atoms with Crippen molar-refractivity contribution in [2.45, 2.75) is 25.8 Å². The molecule has 0 aliphatic heterocycles. The highest BCUT2D eigenvalue weighted by molar-refractivity contribution is 7.09. The minimum atomic E-state index is -0.273. The highest BCUT2D eigenvalue weighted by Crippen LogP contribution is 2.22. The number of ether oxygens (including phenoxy) is 1. The summed E-state index contributed by atoms with van der Waals surface area (Å²) in [5.74, 6) is 0.0213. The summed E-state index contributed by atoms with van der Waals surface area (Å²) in [4.78, 5) is 4.46. The summed E-state index contributed by atoms with van der Waals surface area (Å²) in [6.45, 7) is 1.98. The number of nitrogens with one attached hydrogen (secondary N) is 1. The van der Waals surface area contributed by atoms with Crippen LogP contribution in [0.25, 0.3) is 0 Å². The molecule has 1 aromatic carbocycles. The average molecular weight is 294 g/mol. The van der Waals surface area contributed by atoms with Gasteiger partial charge in [-0.3, -0.25) is 0 Å². The maximum Gasteiger partial charge on any atom is 0.168 e. The zero-order valence-electron chi connectivity index (χ0n) is 11.9. The van der Waals surface area contributed by atoms with Gasteiger partial charge in [0.15, 0.2) is 11.6 Å². The van der Waals surface area contributed by atoms with Crippen LogP contribution in [0.2, 0.25) is 0 Å². The highest BCUT2D eigenvalue weighted by atomic mass is 32.1. The van der Waals surface area contributed by atoms with E-state index in [1.54, 1.807) is 23.5 Å². The number of nitrogens with zero attached hydrogens (tertiary/aromatic N) is 1. The maximum atomic E-state index is 14.1. The van der Waals surface area contributed by atoms with Gasteiger partial charge < -0.3 is 10.1 Å². The molecule has 1 heterocycles. The van der Waals surface area contributed by atoms with E-state index in [9.17, 15) is 4.39 Å². The van der Waals surface area contributed by atoms with Crippen LogP contribution in [0.4, 0.5) is 4.39 Å². The molecule has 0 bridgehead atoms. The number of methoxy groups -OCH3 is 1. The third-order valence-corrected chi connectivity index (χ3v) is 4.21. The Morgan fingerprint density at radius 3 is 2.80 bits per heavy atom. The van der Waals surface area contributed by atoms with E-state index in [0.717, 1.165) is 17.1 Å². The smallest absolute Gasteiger partial charge is 0.168 e. The van der Waals surface area contributed by atoms with Crippen molar-refractivity contribution in [3.8, 4) is 5.75 Å². The van der Waals surface area contributed by atoms with Gasteiger partial charge in [0.05, 0.1) is 12.1 Å². The van der Waals surface area contributed by atoms with Gasteiger partial charge in [0.2, 0.25) is 0 Å². The van der Waals surface area contributed by atoms with Gasteiger partial charge >= 0.3 is 0 Å². The van der Waals surface area contributed by atoms with Gasteiger partial charge in [0, 0.05) is 23.5 Å². The van der Waals surface area contributed by atoms with Crippen LogP contribution in [-0.4, -0.2) is 25.2 Å². The van der Waals surface area contributed by atoms with Crippen LogP contribution in [0.1, 0.15) is 16.3 Å². The number of thiazole rings is 1. The van der Waals surface area contributed by atoms with Crippen molar-refractivity contribution in [3.05, 3.63) is 45.7 Å². The molecule has 1 unspecified atom stereocenters. The second-order valence-electron chi connectivity index (χ2n) is 4.71. The van der Waals surface area contributed by atoms with Crippen LogP contribution < -0.4 is 10.1 Å². The van der Waals surface area contributed by atoms with Crippen molar-refractivity contribution in [1.29, 1.82) is 0 Å². The number of halogens is 1. The minimum Gasteiger partial charge on any atom is -0.494 e. The van der Waals surface area contributed by atoms with Gasteiger partial charge in [0.1, 0.15) is 0 Å². The van der Waals surface area contributed by atoms with E-state index in [-0.39, 0.29) is 11.9 Å². The lowest BCUT2D eigenvalue weighted by molar-refractivity contribution is 0.382. The maximum absolute atomic E-state index is 14.1. The lowest BCUT2D eigenvalue weighted by Crippen LogP contribution is -2.30. The van der Waals surface area contributed by atoms with E-state index >= 15 is 0 Å². The molecule has 0 amide bonds. The number of aromatic nitrogens is 1. The van der Waals surface area contributed by atoms with E-state index < -0.39 is 0 Å². The quantitative estimate of drug-likeness (QED) is 0.889. The Kier molecular flexibility index (Phi) is 5.09. The third kappa shape index (κ3) is 3.55. The van der Waals surface area contributed by atoms with Gasteiger partial charge in [-0.2, -0.15) is 0 Å². The van der Waals surface area contributed by atoms with E-state index in [0.29, 0.717) is 17.7 Å². The standard InChI is InChI=1S/C15H19FN2OS/c1-10-9-20-14(18-10)8-12(17-2)7-11-5-4-6-13(19-3)15(11)16/h4-6,9,12,17H,7-8H2,1-3H3. The van der Waals surface area contributed by atoms with Crippen LogP contribution in [0, 0.1) is 12.7 Å². The molecule has 108 valence electrons. The molecule has 0 saturated heterocycles. The predicted molar refractivity (Wildman–Crippen MR) is 80.1 cm³/mol. The Hall–Kier alpha value is -1.46. The molecule has 2 rings (SSSR count). The van der Waals surface area contributed by atoms with E-state index in [2.05, 4.69) is 10.3 Å². The fraction of sp³-hybridized carbons (Fsp3) is 0.400. The second kappa shape index (κ2) is 6.81. The summed E-state index contributed by atoms with van der Waals surface area (Å²) in [7, 11) is 3.37. The monoisotopic (exact) mass is 294 g/mol. The summed E-state index contributed by atoms with van der Waals surface area (Å²) in [5.41, 5.74) is 1.70. The topological polar surface area (TPSA) is 34.2 Å². The number of likely N-dealkylation sites (N-methyl/N-ethyl adjacent to an activating group) is 1. The molecule has 0 saturated carbocycles. The van der Waals surface area contributed by atoms with Crippen molar-refractivity contribution < 1.29 is 9.13 Å². The Balaban J connectivity index is 2.10. The Bertz CT molecular complexity index is 571. The zero-order chi connectivity index (χ0) is 14.5. The molecule has 20 heavy (non-hydrogen) atoms. The molecule has 0 radical (unpaired) electrons. The van der Waals surface area contributed by atoms with Gasteiger partial charge in [-0.15, -0.1) is 11.3 Å². The number of rotatable bonds is 6. The second-order valence-corrected chi connectivity index (χ2v) is 5.65. The third-order valence-electron chi connectivity index (χ3n) is 3.23. The summed E-state index contributed by atoms with van der Waals surface area (Å²) in [6, 6.07) is 5.41. The highest BCUT2D eigenvalue weighted by Gasteiger charge is 2.15. The van der Waals surface area contributed by atoms with E-state index in [1.165, 1.54) is 7.11 Å². The van der Waals surface area contributed by atoms with Crippen molar-refractivity contribution in [2.75, 3.05) is 14.2 Å². The van der Waals surface area contributed by atoms with Crippen molar-refractivity contribution >= 4 is 11.3 Å². The molecule has 1 aromatic heterocycles. The van der Waals surface area contributed by atoms with Crippen LogP contribution in [0.5, 0.6) is 5.75 Å². The molecule has 0 spiro atoms. The number of aryl methyl sites for hydroxylation is 1. The van der Waals surface area contributed by atoms with Crippen molar-refractivity contribution in [3.63, 3.8) is 0 Å². The van der Waals surface area contributed by atoms with Crippen LogP contribution >= 0.6 is 11.3 Å². The first-order valence-electron chi connectivity index (χ1n) is 6.53. The molecule has 3 nitrogen and oxygen atoms in total. The molecule has 5 heteroatoms. The molecule has 0 fully saturated rings. The fourth-order valence-corrected chi connectivity index (χ4v) is 2.97. The fourth-order valence-electron chi connectivity index (χ4n) is 2.12. The SMILES string of the molecule is CNC(Cc1nc(C)cs1)Cc1cccc(OC)c1F. The van der Waals surface area contributed by atoms with Gasteiger partial charge in [-0.25, -0.2) is 9.37 Å². The molecule has 0 aliphatic rings. The number of benzene rings is 1.